The highest BCUT2D eigenvalue weighted by molar-refractivity contribution is 7.19. The molecule has 0 radical (unpaired) electrons. The van der Waals surface area contributed by atoms with Gasteiger partial charge in [0.25, 0.3) is 0 Å². The molecule has 0 spiro atoms. The summed E-state index contributed by atoms with van der Waals surface area (Å²) in [5.41, 5.74) is -0.743. The second kappa shape index (κ2) is 4.31. The number of aliphatic carboxylic acids is 1. The number of halogens is 1. The van der Waals surface area contributed by atoms with Crippen LogP contribution in [0.4, 0.5) is 0 Å². The number of carbonyl (C=O) groups is 1. The summed E-state index contributed by atoms with van der Waals surface area (Å²) in [5.74, 6) is -0.777. The summed E-state index contributed by atoms with van der Waals surface area (Å²) in [7, 11) is 0. The van der Waals surface area contributed by atoms with Gasteiger partial charge in [-0.2, -0.15) is 0 Å². The van der Waals surface area contributed by atoms with Gasteiger partial charge in [0.15, 0.2) is 0 Å². The Bertz CT molecular complexity index is 572. The van der Waals surface area contributed by atoms with Gasteiger partial charge in [0.2, 0.25) is 0 Å². The molecule has 0 unspecified atom stereocenters. The molecule has 0 bridgehead atoms. The molecule has 0 aliphatic carbocycles. The second-order valence-electron chi connectivity index (χ2n) is 4.74. The number of carboxylic acid groups (broad SMARTS) is 1. The number of thiophene rings is 1. The average Bonchev–Trinajstić information content (AvgIpc) is 2.60. The molecule has 1 heterocycles. The first-order chi connectivity index (χ1) is 7.90. The largest absolute Gasteiger partial charge is 0.481 e. The monoisotopic (exact) mass is 268 g/mol. The molecule has 0 saturated heterocycles. The maximum absolute atomic E-state index is 11.1. The zero-order chi connectivity index (χ0) is 12.6. The first-order valence-electron chi connectivity index (χ1n) is 5.30. The Balaban J connectivity index is 2.38. The lowest BCUT2D eigenvalue weighted by Gasteiger charge is -2.17. The van der Waals surface area contributed by atoms with Crippen molar-refractivity contribution in [1.82, 2.24) is 0 Å². The Morgan fingerprint density at radius 3 is 2.76 bits per heavy atom. The minimum Gasteiger partial charge on any atom is -0.481 e. The number of hydrogen-bond donors (Lipinski definition) is 1. The van der Waals surface area contributed by atoms with Gasteiger partial charge < -0.3 is 5.11 Å². The molecular weight excluding hydrogens is 256 g/mol. The van der Waals surface area contributed by atoms with Gasteiger partial charge in [-0.3, -0.25) is 4.79 Å². The minimum atomic E-state index is -0.777. The van der Waals surface area contributed by atoms with Gasteiger partial charge >= 0.3 is 5.97 Å². The summed E-state index contributed by atoms with van der Waals surface area (Å²) in [5, 5.41) is 10.9. The maximum atomic E-state index is 11.1. The van der Waals surface area contributed by atoms with Crippen LogP contribution < -0.4 is 0 Å². The molecule has 0 atom stereocenters. The second-order valence-corrected chi connectivity index (χ2v) is 6.28. The Morgan fingerprint density at radius 2 is 2.18 bits per heavy atom. The molecule has 1 aromatic heterocycles. The molecule has 2 rings (SSSR count). The van der Waals surface area contributed by atoms with Gasteiger partial charge in [0, 0.05) is 4.88 Å². The molecule has 0 saturated carbocycles. The van der Waals surface area contributed by atoms with E-state index in [1.807, 2.05) is 24.3 Å². The van der Waals surface area contributed by atoms with Crippen molar-refractivity contribution in [3.63, 3.8) is 0 Å². The van der Waals surface area contributed by atoms with Gasteiger partial charge in [0.1, 0.15) is 0 Å². The van der Waals surface area contributed by atoms with Crippen molar-refractivity contribution in [1.29, 1.82) is 0 Å². The fraction of sp³-hybridized carbons (Fsp3) is 0.308. The van der Waals surface area contributed by atoms with E-state index in [4.69, 9.17) is 16.7 Å². The standard InChI is InChI=1S/C13H13ClO2S/c1-13(2,12(15)16)7-9-6-8-4-3-5-10(14)11(8)17-9/h3-6H,7H2,1-2H3,(H,15,16). The van der Waals surface area contributed by atoms with Crippen LogP contribution >= 0.6 is 22.9 Å². The van der Waals surface area contributed by atoms with Gasteiger partial charge in [0.05, 0.1) is 15.1 Å². The Hall–Kier alpha value is -1.06. The van der Waals surface area contributed by atoms with Crippen molar-refractivity contribution in [2.75, 3.05) is 0 Å². The molecule has 4 heteroatoms. The fourth-order valence-electron chi connectivity index (χ4n) is 1.68. The number of carboxylic acids is 1. The smallest absolute Gasteiger partial charge is 0.309 e. The molecule has 17 heavy (non-hydrogen) atoms. The summed E-state index contributed by atoms with van der Waals surface area (Å²) >= 11 is 7.67. The third-order valence-corrected chi connectivity index (χ3v) is 4.35. The SMILES string of the molecule is CC(C)(Cc1cc2cccc(Cl)c2s1)C(=O)O. The van der Waals surface area contributed by atoms with Gasteiger partial charge in [-0.1, -0.05) is 23.7 Å². The van der Waals surface area contributed by atoms with E-state index in [9.17, 15) is 4.79 Å². The van der Waals surface area contributed by atoms with E-state index in [0.29, 0.717) is 6.42 Å². The van der Waals surface area contributed by atoms with Crippen LogP contribution in [0.25, 0.3) is 10.1 Å². The highest BCUT2D eigenvalue weighted by atomic mass is 35.5. The third kappa shape index (κ3) is 2.45. The Labute approximate surface area is 109 Å². The lowest BCUT2D eigenvalue weighted by molar-refractivity contribution is -0.146. The quantitative estimate of drug-likeness (QED) is 0.905. The van der Waals surface area contributed by atoms with Crippen LogP contribution in [0.5, 0.6) is 0 Å². The molecule has 0 fully saturated rings. The summed E-state index contributed by atoms with van der Waals surface area (Å²) in [6.07, 6.45) is 0.526. The highest BCUT2D eigenvalue weighted by Crippen LogP contribution is 2.34. The van der Waals surface area contributed by atoms with Crippen LogP contribution in [0, 0.1) is 5.41 Å². The maximum Gasteiger partial charge on any atom is 0.309 e. The third-order valence-electron chi connectivity index (χ3n) is 2.74. The van der Waals surface area contributed by atoms with Crippen molar-refractivity contribution in [3.8, 4) is 0 Å². The highest BCUT2D eigenvalue weighted by Gasteiger charge is 2.28. The summed E-state index contributed by atoms with van der Waals surface area (Å²) in [4.78, 5) is 12.1. The predicted molar refractivity (Wildman–Crippen MR) is 72.0 cm³/mol. The topological polar surface area (TPSA) is 37.3 Å². The fourth-order valence-corrected chi connectivity index (χ4v) is 3.27. The number of rotatable bonds is 3. The Kier molecular flexibility index (Phi) is 3.15. The van der Waals surface area contributed by atoms with Gasteiger partial charge in [-0.25, -0.2) is 0 Å². The molecule has 1 N–H and O–H groups in total. The molecule has 1 aromatic carbocycles. The van der Waals surface area contributed by atoms with Crippen LogP contribution in [0.1, 0.15) is 18.7 Å². The van der Waals surface area contributed by atoms with Crippen molar-refractivity contribution < 1.29 is 9.90 Å². The number of benzene rings is 1. The number of hydrogen-bond acceptors (Lipinski definition) is 2. The molecule has 0 amide bonds. The summed E-state index contributed by atoms with van der Waals surface area (Å²) < 4.78 is 1.03. The first-order valence-corrected chi connectivity index (χ1v) is 6.50. The molecule has 90 valence electrons. The predicted octanol–water partition coefficient (Wildman–Crippen LogP) is 4.21. The summed E-state index contributed by atoms with van der Waals surface area (Å²) in [6, 6.07) is 7.78. The molecule has 0 aliphatic rings. The van der Waals surface area contributed by atoms with Crippen molar-refractivity contribution >= 4 is 39.0 Å². The first kappa shape index (κ1) is 12.4. The average molecular weight is 269 g/mol. The van der Waals surface area contributed by atoms with E-state index in [1.165, 1.54) is 0 Å². The molecular formula is C13H13ClO2S. The normalized spacial score (nSPS) is 11.9. The zero-order valence-electron chi connectivity index (χ0n) is 9.66. The van der Waals surface area contributed by atoms with Crippen molar-refractivity contribution in [3.05, 3.63) is 34.2 Å². The van der Waals surface area contributed by atoms with E-state index in [2.05, 4.69) is 0 Å². The lowest BCUT2D eigenvalue weighted by Crippen LogP contribution is -2.25. The van der Waals surface area contributed by atoms with E-state index in [1.54, 1.807) is 25.2 Å². The molecule has 2 nitrogen and oxygen atoms in total. The van der Waals surface area contributed by atoms with Crippen LogP contribution in [-0.2, 0) is 11.2 Å². The number of fused-ring (bicyclic) bond motifs is 1. The van der Waals surface area contributed by atoms with Crippen molar-refractivity contribution in [2.24, 2.45) is 5.41 Å². The zero-order valence-corrected chi connectivity index (χ0v) is 11.2. The summed E-state index contributed by atoms with van der Waals surface area (Å²) in [6.45, 7) is 3.47. The van der Waals surface area contributed by atoms with E-state index in [0.717, 1.165) is 20.0 Å². The lowest BCUT2D eigenvalue weighted by atomic mass is 9.89. The van der Waals surface area contributed by atoms with Crippen molar-refractivity contribution in [2.45, 2.75) is 20.3 Å². The van der Waals surface area contributed by atoms with Crippen LogP contribution in [-0.4, -0.2) is 11.1 Å². The molecule has 2 aromatic rings. The minimum absolute atomic E-state index is 0.526. The van der Waals surface area contributed by atoms with Crippen LogP contribution in [0.15, 0.2) is 24.3 Å². The van der Waals surface area contributed by atoms with E-state index in [-0.39, 0.29) is 0 Å². The van der Waals surface area contributed by atoms with Crippen LogP contribution in [0.2, 0.25) is 5.02 Å². The van der Waals surface area contributed by atoms with E-state index < -0.39 is 11.4 Å². The van der Waals surface area contributed by atoms with Crippen LogP contribution in [0.3, 0.4) is 0 Å². The molecule has 0 aliphatic heterocycles. The van der Waals surface area contributed by atoms with Gasteiger partial charge in [-0.05, 0) is 37.8 Å². The van der Waals surface area contributed by atoms with E-state index >= 15 is 0 Å². The Morgan fingerprint density at radius 1 is 1.47 bits per heavy atom. The van der Waals surface area contributed by atoms with Gasteiger partial charge in [-0.15, -0.1) is 11.3 Å².